The Balaban J connectivity index is 1.64. The minimum atomic E-state index is -0.261. The van der Waals surface area contributed by atoms with E-state index >= 15 is 0 Å². The molecular formula is C18H26N2O. The van der Waals surface area contributed by atoms with E-state index in [9.17, 15) is 4.79 Å². The number of hydrogen-bond donors (Lipinski definition) is 0. The molecule has 0 spiro atoms. The molecule has 0 aliphatic carbocycles. The van der Waals surface area contributed by atoms with Crippen molar-refractivity contribution in [2.45, 2.75) is 46.2 Å². The third-order valence-corrected chi connectivity index (χ3v) is 4.77. The average molecular weight is 286 g/mol. The summed E-state index contributed by atoms with van der Waals surface area (Å²) in [7, 11) is 0. The van der Waals surface area contributed by atoms with Crippen molar-refractivity contribution in [2.24, 2.45) is 5.41 Å². The standard InChI is InChI=1S/C18H26N2O/c1-18(2,3)17(21)20-11-9-16(13-20)19-10-8-14-6-4-5-7-15(14)12-19/h4-7,16H,8-13H2,1-3H3. The van der Waals surface area contributed by atoms with E-state index in [1.807, 2.05) is 20.8 Å². The SMILES string of the molecule is CC(C)(C)C(=O)N1CCC(N2CCc3ccccc3C2)C1. The van der Waals surface area contributed by atoms with Gasteiger partial charge in [0.15, 0.2) is 0 Å². The van der Waals surface area contributed by atoms with E-state index in [2.05, 4.69) is 34.1 Å². The van der Waals surface area contributed by atoms with Gasteiger partial charge in [-0.1, -0.05) is 45.0 Å². The normalized spacial score (nSPS) is 23.2. The van der Waals surface area contributed by atoms with Crippen molar-refractivity contribution in [1.29, 1.82) is 0 Å². The van der Waals surface area contributed by atoms with Crippen molar-refractivity contribution >= 4 is 5.91 Å². The minimum Gasteiger partial charge on any atom is -0.341 e. The maximum Gasteiger partial charge on any atom is 0.228 e. The average Bonchev–Trinajstić information content (AvgIpc) is 2.94. The zero-order valence-corrected chi connectivity index (χ0v) is 13.4. The molecule has 2 heterocycles. The predicted molar refractivity (Wildman–Crippen MR) is 85.0 cm³/mol. The lowest BCUT2D eigenvalue weighted by Crippen LogP contribution is -2.43. The summed E-state index contributed by atoms with van der Waals surface area (Å²) in [6.07, 6.45) is 2.25. The van der Waals surface area contributed by atoms with Gasteiger partial charge in [-0.3, -0.25) is 9.69 Å². The fourth-order valence-corrected chi connectivity index (χ4v) is 3.53. The highest BCUT2D eigenvalue weighted by atomic mass is 16.2. The topological polar surface area (TPSA) is 23.6 Å². The van der Waals surface area contributed by atoms with Gasteiger partial charge < -0.3 is 4.90 Å². The molecule has 2 aliphatic rings. The molecule has 1 fully saturated rings. The van der Waals surface area contributed by atoms with Crippen LogP contribution < -0.4 is 0 Å². The number of carbonyl (C=O) groups excluding carboxylic acids is 1. The molecule has 2 aliphatic heterocycles. The summed E-state index contributed by atoms with van der Waals surface area (Å²) in [6.45, 7) is 10.0. The molecule has 0 saturated carbocycles. The molecule has 1 saturated heterocycles. The largest absolute Gasteiger partial charge is 0.341 e. The van der Waals surface area contributed by atoms with E-state index in [-0.39, 0.29) is 5.41 Å². The van der Waals surface area contributed by atoms with Crippen LogP contribution in [0.4, 0.5) is 0 Å². The molecule has 1 atom stereocenters. The van der Waals surface area contributed by atoms with Crippen LogP contribution in [0.5, 0.6) is 0 Å². The van der Waals surface area contributed by atoms with Gasteiger partial charge in [0, 0.05) is 37.6 Å². The number of hydrogen-bond acceptors (Lipinski definition) is 2. The molecule has 1 aromatic carbocycles. The lowest BCUT2D eigenvalue weighted by atomic mass is 9.95. The highest BCUT2D eigenvalue weighted by molar-refractivity contribution is 5.81. The first kappa shape index (κ1) is 14.6. The fourth-order valence-electron chi connectivity index (χ4n) is 3.53. The second-order valence-corrected chi connectivity index (χ2v) is 7.43. The van der Waals surface area contributed by atoms with Gasteiger partial charge in [0.05, 0.1) is 0 Å². The van der Waals surface area contributed by atoms with Crippen LogP contribution in [0.2, 0.25) is 0 Å². The first-order chi connectivity index (χ1) is 9.95. The Morgan fingerprint density at radius 1 is 1.14 bits per heavy atom. The third kappa shape index (κ3) is 2.98. The van der Waals surface area contributed by atoms with Crippen molar-refractivity contribution < 1.29 is 4.79 Å². The Bertz CT molecular complexity index is 532. The molecule has 3 rings (SSSR count). The Hall–Kier alpha value is -1.35. The predicted octanol–water partition coefficient (Wildman–Crippen LogP) is 2.69. The number of amides is 1. The molecule has 1 amide bonds. The maximum atomic E-state index is 12.4. The molecule has 21 heavy (non-hydrogen) atoms. The van der Waals surface area contributed by atoms with Crippen molar-refractivity contribution in [3.05, 3.63) is 35.4 Å². The summed E-state index contributed by atoms with van der Waals surface area (Å²) in [5, 5.41) is 0. The van der Waals surface area contributed by atoms with Crippen LogP contribution in [-0.4, -0.2) is 41.4 Å². The first-order valence-electron chi connectivity index (χ1n) is 8.05. The van der Waals surface area contributed by atoms with Crippen LogP contribution in [0.1, 0.15) is 38.3 Å². The summed E-state index contributed by atoms with van der Waals surface area (Å²) in [5.74, 6) is 0.294. The monoisotopic (exact) mass is 286 g/mol. The molecule has 1 aromatic rings. The molecule has 0 aromatic heterocycles. The molecule has 0 bridgehead atoms. The molecule has 1 unspecified atom stereocenters. The van der Waals surface area contributed by atoms with Gasteiger partial charge in [-0.25, -0.2) is 0 Å². The number of carbonyl (C=O) groups is 1. The molecule has 0 N–H and O–H groups in total. The molecular weight excluding hydrogens is 260 g/mol. The quantitative estimate of drug-likeness (QED) is 0.792. The van der Waals surface area contributed by atoms with Gasteiger partial charge in [0.25, 0.3) is 0 Å². The Kier molecular flexibility index (Phi) is 3.78. The van der Waals surface area contributed by atoms with Crippen molar-refractivity contribution in [3.63, 3.8) is 0 Å². The van der Waals surface area contributed by atoms with E-state index in [0.29, 0.717) is 11.9 Å². The van der Waals surface area contributed by atoms with Crippen molar-refractivity contribution in [3.8, 4) is 0 Å². The number of likely N-dealkylation sites (tertiary alicyclic amines) is 1. The highest BCUT2D eigenvalue weighted by Gasteiger charge is 2.35. The lowest BCUT2D eigenvalue weighted by Gasteiger charge is -2.34. The Labute approximate surface area is 127 Å². The summed E-state index contributed by atoms with van der Waals surface area (Å²) in [4.78, 5) is 17.0. The van der Waals surface area contributed by atoms with Crippen molar-refractivity contribution in [1.82, 2.24) is 9.80 Å². The number of fused-ring (bicyclic) bond motifs is 1. The third-order valence-electron chi connectivity index (χ3n) is 4.77. The van der Waals surface area contributed by atoms with Gasteiger partial charge in [0.2, 0.25) is 5.91 Å². The van der Waals surface area contributed by atoms with Crippen molar-refractivity contribution in [2.75, 3.05) is 19.6 Å². The van der Waals surface area contributed by atoms with E-state index < -0.39 is 0 Å². The Morgan fingerprint density at radius 3 is 2.57 bits per heavy atom. The van der Waals surface area contributed by atoms with Crippen LogP contribution in [0.25, 0.3) is 0 Å². The van der Waals surface area contributed by atoms with Gasteiger partial charge >= 0.3 is 0 Å². The first-order valence-corrected chi connectivity index (χ1v) is 8.05. The van der Waals surface area contributed by atoms with Crippen LogP contribution in [0, 0.1) is 5.41 Å². The highest BCUT2D eigenvalue weighted by Crippen LogP contribution is 2.27. The van der Waals surface area contributed by atoms with Gasteiger partial charge in [0.1, 0.15) is 0 Å². The zero-order chi connectivity index (χ0) is 15.0. The minimum absolute atomic E-state index is 0.261. The number of benzene rings is 1. The summed E-state index contributed by atoms with van der Waals surface area (Å²) in [5.41, 5.74) is 2.70. The second kappa shape index (κ2) is 5.45. The Morgan fingerprint density at radius 2 is 1.86 bits per heavy atom. The fraction of sp³-hybridized carbons (Fsp3) is 0.611. The van der Waals surface area contributed by atoms with E-state index in [1.54, 1.807) is 0 Å². The van der Waals surface area contributed by atoms with Gasteiger partial charge in [-0.15, -0.1) is 0 Å². The molecule has 114 valence electrons. The van der Waals surface area contributed by atoms with Crippen LogP contribution in [-0.2, 0) is 17.8 Å². The lowest BCUT2D eigenvalue weighted by molar-refractivity contribution is -0.138. The summed E-state index contributed by atoms with van der Waals surface area (Å²) < 4.78 is 0. The van der Waals surface area contributed by atoms with E-state index in [1.165, 1.54) is 11.1 Å². The second-order valence-electron chi connectivity index (χ2n) is 7.43. The summed E-state index contributed by atoms with van der Waals surface area (Å²) >= 11 is 0. The van der Waals surface area contributed by atoms with E-state index in [4.69, 9.17) is 0 Å². The molecule has 0 radical (unpaired) electrons. The zero-order valence-electron chi connectivity index (χ0n) is 13.4. The van der Waals surface area contributed by atoms with Gasteiger partial charge in [-0.05, 0) is 24.0 Å². The van der Waals surface area contributed by atoms with Crippen LogP contribution in [0.3, 0.4) is 0 Å². The summed E-state index contributed by atoms with van der Waals surface area (Å²) in [6, 6.07) is 9.29. The molecule has 3 nitrogen and oxygen atoms in total. The molecule has 3 heteroatoms. The number of rotatable bonds is 1. The van der Waals surface area contributed by atoms with E-state index in [0.717, 1.165) is 39.0 Å². The number of nitrogens with zero attached hydrogens (tertiary/aromatic N) is 2. The van der Waals surface area contributed by atoms with Crippen LogP contribution in [0.15, 0.2) is 24.3 Å². The smallest absolute Gasteiger partial charge is 0.228 e. The van der Waals surface area contributed by atoms with Gasteiger partial charge in [-0.2, -0.15) is 0 Å². The van der Waals surface area contributed by atoms with Crippen LogP contribution >= 0.6 is 0 Å². The maximum absolute atomic E-state index is 12.4.